The quantitative estimate of drug-likeness (QED) is 0.843. The number of nitrogens with one attached hydrogen (secondary N) is 1. The molecule has 0 atom stereocenters. The molecule has 0 heterocycles. The number of hydrogen-bond acceptors (Lipinski definition) is 2. The molecule has 0 saturated carbocycles. The lowest BCUT2D eigenvalue weighted by Gasteiger charge is -2.15. The predicted octanol–water partition coefficient (Wildman–Crippen LogP) is 4.81. The summed E-state index contributed by atoms with van der Waals surface area (Å²) in [6, 6.07) is 8.17. The zero-order chi connectivity index (χ0) is 16.5. The van der Waals surface area contributed by atoms with E-state index in [-0.39, 0.29) is 14.9 Å². The number of halogens is 5. The zero-order valence-electron chi connectivity index (χ0n) is 10.7. The van der Waals surface area contributed by atoms with E-state index in [0.717, 1.165) is 12.1 Å². The van der Waals surface area contributed by atoms with Crippen molar-refractivity contribution in [2.75, 3.05) is 4.72 Å². The summed E-state index contributed by atoms with van der Waals surface area (Å²) >= 11 is 11.3. The molecule has 0 amide bonds. The molecule has 2 rings (SSSR count). The lowest BCUT2D eigenvalue weighted by Crippen LogP contribution is -2.17. The van der Waals surface area contributed by atoms with Crippen molar-refractivity contribution >= 4 is 38.9 Å². The largest absolute Gasteiger partial charge is 0.418 e. The lowest BCUT2D eigenvalue weighted by atomic mass is 10.2. The first-order chi connectivity index (χ1) is 10.1. The number of anilines is 1. The van der Waals surface area contributed by atoms with Gasteiger partial charge in [0.15, 0.2) is 0 Å². The molecule has 9 heteroatoms. The second kappa shape index (κ2) is 5.98. The minimum Gasteiger partial charge on any atom is -0.279 e. The molecule has 0 unspecified atom stereocenters. The Hall–Kier alpha value is -1.44. The Morgan fingerprint density at radius 1 is 1.00 bits per heavy atom. The minimum atomic E-state index is -4.76. The predicted molar refractivity (Wildman–Crippen MR) is 78.7 cm³/mol. The molecule has 2 aromatic carbocycles. The number of hydrogen-bond donors (Lipinski definition) is 1. The first-order valence-electron chi connectivity index (χ1n) is 5.75. The summed E-state index contributed by atoms with van der Waals surface area (Å²) in [4.78, 5) is -0.320. The van der Waals surface area contributed by atoms with Crippen molar-refractivity contribution < 1.29 is 21.6 Å². The normalized spacial score (nSPS) is 12.2. The van der Waals surface area contributed by atoms with Gasteiger partial charge in [0.1, 0.15) is 4.90 Å². The summed E-state index contributed by atoms with van der Waals surface area (Å²) in [7, 11) is -4.26. The van der Waals surface area contributed by atoms with Gasteiger partial charge in [-0.1, -0.05) is 35.3 Å². The average molecular weight is 370 g/mol. The van der Waals surface area contributed by atoms with Crippen LogP contribution in [0.25, 0.3) is 0 Å². The van der Waals surface area contributed by atoms with Gasteiger partial charge in [-0.05, 0) is 30.3 Å². The number of alkyl halides is 3. The van der Waals surface area contributed by atoms with E-state index in [0.29, 0.717) is 6.07 Å². The van der Waals surface area contributed by atoms with Crippen LogP contribution in [0.4, 0.5) is 18.9 Å². The average Bonchev–Trinajstić information content (AvgIpc) is 2.39. The van der Waals surface area contributed by atoms with Gasteiger partial charge in [0.05, 0.1) is 16.3 Å². The molecule has 22 heavy (non-hydrogen) atoms. The maximum Gasteiger partial charge on any atom is 0.418 e. The summed E-state index contributed by atoms with van der Waals surface area (Å²) in [6.45, 7) is 0. The lowest BCUT2D eigenvalue weighted by molar-refractivity contribution is -0.136. The number of rotatable bonds is 3. The van der Waals surface area contributed by atoms with Crippen LogP contribution in [0.1, 0.15) is 5.56 Å². The highest BCUT2D eigenvalue weighted by Crippen LogP contribution is 2.37. The molecule has 0 aliphatic heterocycles. The van der Waals surface area contributed by atoms with Crippen LogP contribution >= 0.6 is 23.2 Å². The van der Waals surface area contributed by atoms with Crippen molar-refractivity contribution in [2.45, 2.75) is 11.1 Å². The molecule has 0 saturated heterocycles. The van der Waals surface area contributed by atoms with Gasteiger partial charge in [-0.3, -0.25) is 4.72 Å². The monoisotopic (exact) mass is 369 g/mol. The van der Waals surface area contributed by atoms with Gasteiger partial charge in [0, 0.05) is 5.02 Å². The van der Waals surface area contributed by atoms with E-state index in [1.807, 2.05) is 4.72 Å². The smallest absolute Gasteiger partial charge is 0.279 e. The fourth-order valence-corrected chi connectivity index (χ4v) is 3.47. The zero-order valence-corrected chi connectivity index (χ0v) is 13.0. The fraction of sp³-hybridized carbons (Fsp3) is 0.0769. The molecule has 118 valence electrons. The van der Waals surface area contributed by atoms with E-state index < -0.39 is 27.5 Å². The van der Waals surface area contributed by atoms with Gasteiger partial charge < -0.3 is 0 Å². The van der Waals surface area contributed by atoms with Gasteiger partial charge in [0.25, 0.3) is 10.0 Å². The summed E-state index contributed by atoms with van der Waals surface area (Å²) in [5.41, 5.74) is -1.81. The van der Waals surface area contributed by atoms with Crippen molar-refractivity contribution in [3.8, 4) is 0 Å². The fourth-order valence-electron chi connectivity index (χ4n) is 1.70. The van der Waals surface area contributed by atoms with Crippen LogP contribution in [0.15, 0.2) is 47.4 Å². The molecule has 0 fully saturated rings. The number of benzene rings is 2. The maximum atomic E-state index is 13.0. The molecular weight excluding hydrogens is 362 g/mol. The Kier molecular flexibility index (Phi) is 4.60. The second-order valence-corrected chi connectivity index (χ2v) is 6.72. The van der Waals surface area contributed by atoms with Crippen molar-refractivity contribution in [3.05, 3.63) is 58.1 Å². The Morgan fingerprint density at radius 2 is 1.64 bits per heavy atom. The van der Waals surface area contributed by atoms with Crippen LogP contribution in [0.2, 0.25) is 10.0 Å². The molecule has 0 spiro atoms. The Bertz CT molecular complexity index is 807. The van der Waals surface area contributed by atoms with Crippen LogP contribution < -0.4 is 4.72 Å². The van der Waals surface area contributed by atoms with E-state index in [4.69, 9.17) is 23.2 Å². The van der Waals surface area contributed by atoms with Gasteiger partial charge in [-0.25, -0.2) is 8.42 Å². The van der Waals surface area contributed by atoms with Crippen molar-refractivity contribution in [1.29, 1.82) is 0 Å². The third kappa shape index (κ3) is 3.66. The highest BCUT2D eigenvalue weighted by Gasteiger charge is 2.35. The topological polar surface area (TPSA) is 46.2 Å². The highest BCUT2D eigenvalue weighted by molar-refractivity contribution is 7.92. The Morgan fingerprint density at radius 3 is 2.23 bits per heavy atom. The van der Waals surface area contributed by atoms with E-state index in [9.17, 15) is 21.6 Å². The van der Waals surface area contributed by atoms with Gasteiger partial charge in [-0.2, -0.15) is 13.2 Å². The molecule has 0 aromatic heterocycles. The van der Waals surface area contributed by atoms with E-state index in [1.54, 1.807) is 0 Å². The first kappa shape index (κ1) is 16.9. The van der Waals surface area contributed by atoms with Crippen molar-refractivity contribution in [2.24, 2.45) is 0 Å². The summed E-state index contributed by atoms with van der Waals surface area (Å²) in [5, 5.41) is -0.259. The standard InChI is InChI=1S/C13H8Cl2F3NO2S/c14-8-5-6-11(9(7-8)13(16,17)18)19-22(20,21)12-4-2-1-3-10(12)15/h1-7,19H. The summed E-state index contributed by atoms with van der Waals surface area (Å²) in [6.07, 6.45) is -4.76. The Labute approximate surface area is 134 Å². The SMILES string of the molecule is O=S(=O)(Nc1ccc(Cl)cc1C(F)(F)F)c1ccccc1Cl. The van der Waals surface area contributed by atoms with Crippen LogP contribution in [0.5, 0.6) is 0 Å². The second-order valence-electron chi connectivity index (χ2n) is 4.22. The molecule has 0 radical (unpaired) electrons. The van der Waals surface area contributed by atoms with E-state index >= 15 is 0 Å². The molecule has 3 nitrogen and oxygen atoms in total. The van der Waals surface area contributed by atoms with E-state index in [2.05, 4.69) is 0 Å². The minimum absolute atomic E-state index is 0.0995. The van der Waals surface area contributed by atoms with E-state index in [1.165, 1.54) is 24.3 Å². The molecular formula is C13H8Cl2F3NO2S. The number of sulfonamides is 1. The molecule has 2 aromatic rings. The van der Waals surface area contributed by atoms with Gasteiger partial charge >= 0.3 is 6.18 Å². The summed E-state index contributed by atoms with van der Waals surface area (Å²) < 4.78 is 65.2. The maximum absolute atomic E-state index is 13.0. The molecule has 0 aliphatic rings. The van der Waals surface area contributed by atoms with Crippen LogP contribution in [0.3, 0.4) is 0 Å². The van der Waals surface area contributed by atoms with Crippen molar-refractivity contribution in [1.82, 2.24) is 0 Å². The highest BCUT2D eigenvalue weighted by atomic mass is 35.5. The first-order valence-corrected chi connectivity index (χ1v) is 7.99. The Balaban J connectivity index is 2.50. The molecule has 1 N–H and O–H groups in total. The third-order valence-corrected chi connectivity index (χ3v) is 4.76. The molecule has 0 bridgehead atoms. The van der Waals surface area contributed by atoms with Crippen molar-refractivity contribution in [3.63, 3.8) is 0 Å². The van der Waals surface area contributed by atoms with Gasteiger partial charge in [0.2, 0.25) is 0 Å². The van der Waals surface area contributed by atoms with Crippen LogP contribution in [-0.4, -0.2) is 8.42 Å². The molecule has 0 aliphatic carbocycles. The van der Waals surface area contributed by atoms with Crippen LogP contribution in [0, 0.1) is 0 Å². The third-order valence-electron chi connectivity index (χ3n) is 2.66. The summed E-state index contributed by atoms with van der Waals surface area (Å²) in [5.74, 6) is 0. The van der Waals surface area contributed by atoms with Gasteiger partial charge in [-0.15, -0.1) is 0 Å². The van der Waals surface area contributed by atoms with Crippen LogP contribution in [-0.2, 0) is 16.2 Å².